The van der Waals surface area contributed by atoms with Crippen LogP contribution in [0.4, 0.5) is 0 Å². The number of phosphoric acid groups is 1. The van der Waals surface area contributed by atoms with Gasteiger partial charge in [-0.15, -0.1) is 0 Å². The quantitative estimate of drug-likeness (QED) is 0.0336. The van der Waals surface area contributed by atoms with E-state index >= 15 is 0 Å². The molecule has 0 radical (unpaired) electrons. The Morgan fingerprint density at radius 3 is 1.58 bits per heavy atom. The standard InChI is InChI=1S/C34H63O8P/c1-3-5-7-9-11-12-13-14-15-16-17-18-19-20-21-22-23-25-27-29-34(36)42-32(31-41-43(37,38)39)30-40-33(35)28-26-24-10-8-6-4-2/h11-12,14-15,32H,3-10,13,16-31H2,1-2H3,(H2,37,38,39)/b12-11-,15-14-. The smallest absolute Gasteiger partial charge is 0.462 e. The van der Waals surface area contributed by atoms with E-state index in [0.29, 0.717) is 6.42 Å². The summed E-state index contributed by atoms with van der Waals surface area (Å²) >= 11 is 0. The molecule has 0 spiro atoms. The molecule has 0 aliphatic heterocycles. The summed E-state index contributed by atoms with van der Waals surface area (Å²) in [7, 11) is -4.74. The first-order chi connectivity index (χ1) is 20.8. The third kappa shape index (κ3) is 33.3. The molecule has 0 saturated heterocycles. The fourth-order valence-electron chi connectivity index (χ4n) is 4.64. The second-order valence-electron chi connectivity index (χ2n) is 11.5. The van der Waals surface area contributed by atoms with Gasteiger partial charge in [-0.1, -0.05) is 128 Å². The van der Waals surface area contributed by atoms with Crippen LogP contribution in [0.1, 0.15) is 162 Å². The summed E-state index contributed by atoms with van der Waals surface area (Å²) in [5, 5.41) is 0. The van der Waals surface area contributed by atoms with Gasteiger partial charge in [-0.05, 0) is 44.9 Å². The first kappa shape index (κ1) is 41.5. The van der Waals surface area contributed by atoms with Gasteiger partial charge in [0.1, 0.15) is 6.61 Å². The molecule has 1 atom stereocenters. The maximum absolute atomic E-state index is 12.3. The van der Waals surface area contributed by atoms with Crippen LogP contribution < -0.4 is 0 Å². The van der Waals surface area contributed by atoms with E-state index in [2.05, 4.69) is 42.7 Å². The minimum atomic E-state index is -4.74. The van der Waals surface area contributed by atoms with Gasteiger partial charge in [0.25, 0.3) is 0 Å². The highest BCUT2D eigenvalue weighted by Crippen LogP contribution is 2.35. The Morgan fingerprint density at radius 2 is 1.05 bits per heavy atom. The molecular weight excluding hydrogens is 567 g/mol. The molecule has 0 bridgehead atoms. The molecular formula is C34H63O8P. The monoisotopic (exact) mass is 630 g/mol. The van der Waals surface area contributed by atoms with Gasteiger partial charge in [-0.25, -0.2) is 4.57 Å². The number of carbonyl (C=O) groups excluding carboxylic acids is 2. The van der Waals surface area contributed by atoms with Crippen LogP contribution in [0.25, 0.3) is 0 Å². The molecule has 2 N–H and O–H groups in total. The highest BCUT2D eigenvalue weighted by atomic mass is 31.2. The van der Waals surface area contributed by atoms with E-state index in [1.54, 1.807) is 0 Å². The lowest BCUT2D eigenvalue weighted by molar-refractivity contribution is -0.161. The van der Waals surface area contributed by atoms with Crippen molar-refractivity contribution in [1.82, 2.24) is 0 Å². The minimum Gasteiger partial charge on any atom is -0.462 e. The SMILES string of the molecule is CCCCC/C=C\C/C=C\CCCCCCCCCCCC(=O)OC(COC(=O)CCCCCCCC)COP(=O)(O)O. The molecule has 0 heterocycles. The van der Waals surface area contributed by atoms with Gasteiger partial charge in [-0.2, -0.15) is 0 Å². The largest absolute Gasteiger partial charge is 0.469 e. The minimum absolute atomic E-state index is 0.209. The number of unbranched alkanes of at least 4 members (excludes halogenated alkanes) is 17. The van der Waals surface area contributed by atoms with Gasteiger partial charge in [0.2, 0.25) is 0 Å². The molecule has 0 fully saturated rings. The first-order valence-corrected chi connectivity index (χ1v) is 18.7. The number of carbonyl (C=O) groups is 2. The molecule has 1 unspecified atom stereocenters. The van der Waals surface area contributed by atoms with E-state index < -0.39 is 32.5 Å². The van der Waals surface area contributed by atoms with Crippen molar-refractivity contribution in [3.05, 3.63) is 24.3 Å². The van der Waals surface area contributed by atoms with Gasteiger partial charge < -0.3 is 19.3 Å². The molecule has 43 heavy (non-hydrogen) atoms. The van der Waals surface area contributed by atoms with Crippen molar-refractivity contribution in [2.24, 2.45) is 0 Å². The zero-order chi connectivity index (χ0) is 31.9. The molecule has 0 saturated carbocycles. The van der Waals surface area contributed by atoms with Crippen molar-refractivity contribution < 1.29 is 37.9 Å². The van der Waals surface area contributed by atoms with Gasteiger partial charge >= 0.3 is 19.8 Å². The lowest BCUT2D eigenvalue weighted by atomic mass is 10.1. The summed E-state index contributed by atoms with van der Waals surface area (Å²) in [5.74, 6) is -0.899. The van der Waals surface area contributed by atoms with E-state index in [1.165, 1.54) is 64.2 Å². The number of hydrogen-bond donors (Lipinski definition) is 2. The average Bonchev–Trinajstić information content (AvgIpc) is 2.97. The van der Waals surface area contributed by atoms with E-state index in [9.17, 15) is 14.2 Å². The van der Waals surface area contributed by atoms with Gasteiger partial charge in [0.15, 0.2) is 6.10 Å². The Morgan fingerprint density at radius 1 is 0.605 bits per heavy atom. The van der Waals surface area contributed by atoms with Crippen LogP contribution >= 0.6 is 7.82 Å². The van der Waals surface area contributed by atoms with Crippen molar-refractivity contribution in [1.29, 1.82) is 0 Å². The Kier molecular flexibility index (Phi) is 29.5. The van der Waals surface area contributed by atoms with E-state index in [1.807, 2.05) is 0 Å². The van der Waals surface area contributed by atoms with Gasteiger partial charge in [-0.3, -0.25) is 14.1 Å². The molecule has 8 nitrogen and oxygen atoms in total. The Bertz CT molecular complexity index is 761. The molecule has 0 aromatic carbocycles. The number of phosphoric ester groups is 1. The zero-order valence-corrected chi connectivity index (χ0v) is 28.2. The lowest BCUT2D eigenvalue weighted by Crippen LogP contribution is -2.29. The van der Waals surface area contributed by atoms with Crippen molar-refractivity contribution >= 4 is 19.8 Å². The Labute approximate surface area is 262 Å². The van der Waals surface area contributed by atoms with Crippen molar-refractivity contribution in [2.75, 3.05) is 13.2 Å². The summed E-state index contributed by atoms with van der Waals surface area (Å²) in [6.45, 7) is 3.56. The predicted molar refractivity (Wildman–Crippen MR) is 175 cm³/mol. The summed E-state index contributed by atoms with van der Waals surface area (Å²) in [5.41, 5.74) is 0. The fraction of sp³-hybridized carbons (Fsp3) is 0.824. The number of ether oxygens (including phenoxy) is 2. The van der Waals surface area contributed by atoms with Crippen LogP contribution in [0.15, 0.2) is 24.3 Å². The Balaban J connectivity index is 3.89. The predicted octanol–water partition coefficient (Wildman–Crippen LogP) is 9.68. The molecule has 0 aliphatic rings. The summed E-state index contributed by atoms with van der Waals surface area (Å²) in [6.07, 6.45) is 32.2. The third-order valence-electron chi connectivity index (χ3n) is 7.22. The molecule has 0 aromatic rings. The highest BCUT2D eigenvalue weighted by molar-refractivity contribution is 7.46. The second kappa shape index (κ2) is 30.6. The normalized spacial score (nSPS) is 12.7. The van der Waals surface area contributed by atoms with Crippen LogP contribution in [0.3, 0.4) is 0 Å². The van der Waals surface area contributed by atoms with Crippen molar-refractivity contribution in [3.8, 4) is 0 Å². The topological polar surface area (TPSA) is 119 Å². The molecule has 0 amide bonds. The number of allylic oxidation sites excluding steroid dienone is 4. The highest BCUT2D eigenvalue weighted by Gasteiger charge is 2.22. The maximum Gasteiger partial charge on any atom is 0.469 e. The molecule has 0 aliphatic carbocycles. The van der Waals surface area contributed by atoms with Crippen LogP contribution in [-0.4, -0.2) is 41.0 Å². The molecule has 0 aromatic heterocycles. The average molecular weight is 631 g/mol. The third-order valence-corrected chi connectivity index (χ3v) is 7.71. The van der Waals surface area contributed by atoms with Crippen molar-refractivity contribution in [3.63, 3.8) is 0 Å². The Hall–Kier alpha value is -1.47. The van der Waals surface area contributed by atoms with Crippen LogP contribution in [0.5, 0.6) is 0 Å². The van der Waals surface area contributed by atoms with Gasteiger partial charge in [0, 0.05) is 12.8 Å². The maximum atomic E-state index is 12.3. The fourth-order valence-corrected chi connectivity index (χ4v) is 5.00. The van der Waals surface area contributed by atoms with Gasteiger partial charge in [0.05, 0.1) is 6.61 Å². The van der Waals surface area contributed by atoms with Crippen LogP contribution in [0, 0.1) is 0 Å². The lowest BCUT2D eigenvalue weighted by Gasteiger charge is -2.18. The summed E-state index contributed by atoms with van der Waals surface area (Å²) < 4.78 is 26.1. The summed E-state index contributed by atoms with van der Waals surface area (Å²) in [6, 6.07) is 0. The van der Waals surface area contributed by atoms with E-state index in [-0.39, 0.29) is 19.4 Å². The van der Waals surface area contributed by atoms with Crippen molar-refractivity contribution in [2.45, 2.75) is 168 Å². The zero-order valence-electron chi connectivity index (χ0n) is 27.4. The van der Waals surface area contributed by atoms with E-state index in [0.717, 1.165) is 64.2 Å². The number of hydrogen-bond acceptors (Lipinski definition) is 6. The molecule has 0 rings (SSSR count). The number of esters is 2. The summed E-state index contributed by atoms with van der Waals surface area (Å²) in [4.78, 5) is 42.3. The van der Waals surface area contributed by atoms with E-state index in [4.69, 9.17) is 19.3 Å². The number of rotatable bonds is 31. The second-order valence-corrected chi connectivity index (χ2v) is 12.7. The van der Waals surface area contributed by atoms with Crippen LogP contribution in [0.2, 0.25) is 0 Å². The molecule has 252 valence electrons. The van der Waals surface area contributed by atoms with Crippen LogP contribution in [-0.2, 0) is 28.2 Å². The molecule has 9 heteroatoms. The first-order valence-electron chi connectivity index (χ1n) is 17.1.